The highest BCUT2D eigenvalue weighted by molar-refractivity contribution is 6.62. The van der Waals surface area contributed by atoms with Crippen molar-refractivity contribution < 1.29 is 19.2 Å². The van der Waals surface area contributed by atoms with Crippen LogP contribution in [0.2, 0.25) is 0 Å². The molecule has 0 spiro atoms. The molecular formula is C20H28BN3O4. The molecule has 2 aliphatic rings. The van der Waals surface area contributed by atoms with Gasteiger partial charge >= 0.3 is 13.2 Å². The molecule has 150 valence electrons. The molecule has 1 aromatic heterocycles. The Morgan fingerprint density at radius 2 is 1.82 bits per heavy atom. The van der Waals surface area contributed by atoms with E-state index >= 15 is 0 Å². The van der Waals surface area contributed by atoms with Crippen LogP contribution < -0.4 is 10.8 Å². The summed E-state index contributed by atoms with van der Waals surface area (Å²) >= 11 is 0. The Kier molecular flexibility index (Phi) is 4.66. The van der Waals surface area contributed by atoms with Gasteiger partial charge in [-0.2, -0.15) is 0 Å². The number of nitrogens with one attached hydrogen (secondary N) is 1. The fourth-order valence-electron chi connectivity index (χ4n) is 4.13. The lowest BCUT2D eigenvalue weighted by Gasteiger charge is -2.32. The van der Waals surface area contributed by atoms with Gasteiger partial charge in [0.25, 0.3) is 0 Å². The van der Waals surface area contributed by atoms with Crippen molar-refractivity contribution >= 4 is 29.7 Å². The van der Waals surface area contributed by atoms with Gasteiger partial charge in [-0.25, -0.2) is 9.78 Å². The van der Waals surface area contributed by atoms with Gasteiger partial charge < -0.3 is 24.3 Å². The molecule has 7 nitrogen and oxygen atoms in total. The number of fused-ring (bicyclic) bond motifs is 1. The predicted molar refractivity (Wildman–Crippen MR) is 108 cm³/mol. The van der Waals surface area contributed by atoms with Gasteiger partial charge in [-0.3, -0.25) is 0 Å². The van der Waals surface area contributed by atoms with E-state index in [1.807, 2.05) is 18.5 Å². The third-order valence-corrected chi connectivity index (χ3v) is 6.54. The molecule has 1 saturated carbocycles. The smallest absolute Gasteiger partial charge is 0.465 e. The van der Waals surface area contributed by atoms with Gasteiger partial charge in [-0.05, 0) is 71.0 Å². The van der Waals surface area contributed by atoms with E-state index in [2.05, 4.69) is 48.6 Å². The van der Waals surface area contributed by atoms with Gasteiger partial charge in [0.05, 0.1) is 28.6 Å². The van der Waals surface area contributed by atoms with E-state index < -0.39 is 13.2 Å². The number of benzene rings is 1. The zero-order valence-electron chi connectivity index (χ0n) is 16.9. The van der Waals surface area contributed by atoms with Crippen molar-refractivity contribution in [2.75, 3.05) is 0 Å². The van der Waals surface area contributed by atoms with Crippen LogP contribution in [0.5, 0.6) is 0 Å². The van der Waals surface area contributed by atoms with E-state index in [9.17, 15) is 4.79 Å². The Morgan fingerprint density at radius 3 is 2.43 bits per heavy atom. The number of aromatic nitrogens is 2. The lowest BCUT2D eigenvalue weighted by atomic mass is 9.79. The average molecular weight is 385 g/mol. The quantitative estimate of drug-likeness (QED) is 0.794. The molecule has 0 radical (unpaired) electrons. The summed E-state index contributed by atoms with van der Waals surface area (Å²) in [6.07, 6.45) is 4.49. The van der Waals surface area contributed by atoms with E-state index in [1.54, 1.807) is 0 Å². The minimum Gasteiger partial charge on any atom is -0.465 e. The molecule has 2 heterocycles. The maximum absolute atomic E-state index is 10.9. The van der Waals surface area contributed by atoms with Crippen LogP contribution in [0, 0.1) is 0 Å². The first-order valence-corrected chi connectivity index (χ1v) is 9.98. The first-order valence-electron chi connectivity index (χ1n) is 9.98. The molecule has 1 aliphatic heterocycles. The van der Waals surface area contributed by atoms with Gasteiger partial charge in [0, 0.05) is 12.1 Å². The molecule has 2 aromatic rings. The van der Waals surface area contributed by atoms with Crippen LogP contribution >= 0.6 is 0 Å². The van der Waals surface area contributed by atoms with Crippen molar-refractivity contribution in [3.63, 3.8) is 0 Å². The maximum Gasteiger partial charge on any atom is 0.494 e. The lowest BCUT2D eigenvalue weighted by molar-refractivity contribution is 0.00578. The van der Waals surface area contributed by atoms with E-state index in [0.29, 0.717) is 6.04 Å². The molecule has 1 aromatic carbocycles. The molecule has 4 rings (SSSR count). The highest BCUT2D eigenvalue weighted by Gasteiger charge is 2.51. The maximum atomic E-state index is 10.9. The van der Waals surface area contributed by atoms with Crippen LogP contribution in [0.15, 0.2) is 24.5 Å². The van der Waals surface area contributed by atoms with Gasteiger partial charge in [0.2, 0.25) is 0 Å². The number of hydrogen-bond donors (Lipinski definition) is 2. The molecule has 1 aliphatic carbocycles. The van der Waals surface area contributed by atoms with Gasteiger partial charge in [-0.15, -0.1) is 0 Å². The fraction of sp³-hybridized carbons (Fsp3) is 0.600. The number of imidazole rings is 1. The molecule has 2 N–H and O–H groups in total. The minimum atomic E-state index is -0.941. The fourth-order valence-corrected chi connectivity index (χ4v) is 4.13. The number of carboxylic acid groups (broad SMARTS) is 1. The zero-order valence-corrected chi connectivity index (χ0v) is 16.9. The number of amides is 1. The number of rotatable bonds is 3. The number of hydrogen-bond acceptors (Lipinski definition) is 4. The van der Waals surface area contributed by atoms with E-state index in [0.717, 1.165) is 42.2 Å². The van der Waals surface area contributed by atoms with E-state index in [1.165, 1.54) is 0 Å². The van der Waals surface area contributed by atoms with Crippen LogP contribution in [0.25, 0.3) is 11.0 Å². The summed E-state index contributed by atoms with van der Waals surface area (Å²) in [5.74, 6) is 0. The van der Waals surface area contributed by atoms with Gasteiger partial charge in [-0.1, -0.05) is 6.07 Å². The lowest BCUT2D eigenvalue weighted by Crippen LogP contribution is -2.41. The van der Waals surface area contributed by atoms with Crippen molar-refractivity contribution in [3.05, 3.63) is 24.5 Å². The molecule has 0 atom stereocenters. The topological polar surface area (TPSA) is 85.6 Å². The molecule has 1 saturated heterocycles. The Bertz CT molecular complexity index is 871. The Balaban J connectivity index is 1.56. The van der Waals surface area contributed by atoms with Crippen molar-refractivity contribution in [2.24, 2.45) is 0 Å². The van der Waals surface area contributed by atoms with Crippen LogP contribution in [0.3, 0.4) is 0 Å². The Morgan fingerprint density at radius 1 is 1.18 bits per heavy atom. The first-order chi connectivity index (χ1) is 13.2. The third kappa shape index (κ3) is 3.39. The summed E-state index contributed by atoms with van der Waals surface area (Å²) in [5.41, 5.74) is 2.27. The molecule has 0 bridgehead atoms. The first kappa shape index (κ1) is 19.3. The monoisotopic (exact) mass is 385 g/mol. The van der Waals surface area contributed by atoms with Crippen molar-refractivity contribution in [1.82, 2.24) is 14.9 Å². The Labute approximate surface area is 165 Å². The zero-order chi connectivity index (χ0) is 20.1. The van der Waals surface area contributed by atoms with E-state index in [4.69, 9.17) is 14.4 Å². The summed E-state index contributed by atoms with van der Waals surface area (Å²) in [4.78, 5) is 15.4. The summed E-state index contributed by atoms with van der Waals surface area (Å²) in [6.45, 7) is 8.22. The average Bonchev–Trinajstić information content (AvgIpc) is 3.12. The number of nitrogens with zero attached hydrogens (tertiary/aromatic N) is 2. The highest BCUT2D eigenvalue weighted by atomic mass is 16.7. The molecule has 28 heavy (non-hydrogen) atoms. The van der Waals surface area contributed by atoms with Gasteiger partial charge in [0.15, 0.2) is 0 Å². The second kappa shape index (κ2) is 6.78. The molecular weight excluding hydrogens is 357 g/mol. The van der Waals surface area contributed by atoms with E-state index in [-0.39, 0.29) is 17.2 Å². The summed E-state index contributed by atoms with van der Waals surface area (Å²) in [5, 5.41) is 11.5. The normalized spacial score (nSPS) is 26.5. The third-order valence-electron chi connectivity index (χ3n) is 6.54. The summed E-state index contributed by atoms with van der Waals surface area (Å²) < 4.78 is 14.6. The van der Waals surface area contributed by atoms with Crippen LogP contribution in [0.4, 0.5) is 4.79 Å². The van der Waals surface area contributed by atoms with Crippen LogP contribution in [-0.4, -0.2) is 45.1 Å². The second-order valence-corrected chi connectivity index (χ2v) is 8.94. The number of carbonyl (C=O) groups is 1. The molecule has 0 unspecified atom stereocenters. The van der Waals surface area contributed by atoms with Crippen molar-refractivity contribution in [3.8, 4) is 0 Å². The second-order valence-electron chi connectivity index (χ2n) is 8.94. The summed E-state index contributed by atoms with van der Waals surface area (Å²) in [6, 6.07) is 6.53. The minimum absolute atomic E-state index is 0.0452. The van der Waals surface area contributed by atoms with Crippen molar-refractivity contribution in [1.29, 1.82) is 0 Å². The van der Waals surface area contributed by atoms with Crippen LogP contribution in [-0.2, 0) is 9.31 Å². The molecule has 1 amide bonds. The SMILES string of the molecule is CC1(C)OB(c2ccc3ncn([C@H]4CC[C@H](NC(=O)O)CC4)c3c2)OC1(C)C. The van der Waals surface area contributed by atoms with Crippen molar-refractivity contribution in [2.45, 2.75) is 76.7 Å². The van der Waals surface area contributed by atoms with Crippen LogP contribution in [0.1, 0.15) is 59.4 Å². The Hall–Kier alpha value is -2.06. The largest absolute Gasteiger partial charge is 0.494 e. The summed E-state index contributed by atoms with van der Waals surface area (Å²) in [7, 11) is -0.395. The highest BCUT2D eigenvalue weighted by Crippen LogP contribution is 2.37. The van der Waals surface area contributed by atoms with Gasteiger partial charge in [0.1, 0.15) is 0 Å². The predicted octanol–water partition coefficient (Wildman–Crippen LogP) is 3.09. The standard InChI is InChI=1S/C20H28BN3O4/c1-19(2)20(3,4)28-21(27-19)13-5-10-16-17(11-13)24(12-22-16)15-8-6-14(7-9-15)23-18(25)26/h5,10-12,14-15,23H,6-9H2,1-4H3,(H,25,26)/t14-,15-. The molecule has 8 heteroatoms. The molecule has 2 fully saturated rings.